The second kappa shape index (κ2) is 5.23. The fraction of sp³-hybridized carbons (Fsp3) is 0.273. The van der Waals surface area contributed by atoms with Crippen LogP contribution in [0.1, 0.15) is 12.7 Å². The van der Waals surface area contributed by atoms with E-state index < -0.39 is 0 Å². The first-order chi connectivity index (χ1) is 7.79. The normalized spacial score (nSPS) is 10.6. The highest BCUT2D eigenvalue weighted by Gasteiger charge is 2.05. The molecule has 1 N–H and O–H groups in total. The van der Waals surface area contributed by atoms with Crippen molar-refractivity contribution in [1.29, 1.82) is 0 Å². The average Bonchev–Trinajstić information content (AvgIpc) is 2.75. The maximum absolute atomic E-state index is 5.25. The van der Waals surface area contributed by atoms with Crippen LogP contribution in [0.3, 0.4) is 0 Å². The lowest BCUT2D eigenvalue weighted by molar-refractivity contribution is 0.128. The average molecular weight is 282 g/mol. The summed E-state index contributed by atoms with van der Waals surface area (Å²) >= 11 is 3.42. The maximum atomic E-state index is 5.25. The van der Waals surface area contributed by atoms with E-state index in [9.17, 15) is 0 Å². The van der Waals surface area contributed by atoms with E-state index in [2.05, 4.69) is 31.1 Å². The molecule has 5 heteroatoms. The van der Waals surface area contributed by atoms with Crippen molar-refractivity contribution in [1.82, 2.24) is 15.2 Å². The summed E-state index contributed by atoms with van der Waals surface area (Å²) in [6.07, 6.45) is 0. The van der Waals surface area contributed by atoms with Gasteiger partial charge in [0.05, 0.1) is 0 Å². The number of hydrogen-bond donors (Lipinski definition) is 1. The molecule has 1 heterocycles. The van der Waals surface area contributed by atoms with Crippen LogP contribution >= 0.6 is 15.9 Å². The number of ether oxygens (including phenoxy) is 1. The van der Waals surface area contributed by atoms with Crippen LogP contribution in [-0.2, 0) is 11.3 Å². The summed E-state index contributed by atoms with van der Waals surface area (Å²) in [6.45, 7) is 3.09. The van der Waals surface area contributed by atoms with Gasteiger partial charge in [0, 0.05) is 16.6 Å². The molecule has 2 aromatic rings. The van der Waals surface area contributed by atoms with Crippen molar-refractivity contribution in [3.8, 4) is 11.4 Å². The topological polar surface area (TPSA) is 50.8 Å². The summed E-state index contributed by atoms with van der Waals surface area (Å²) in [5.41, 5.74) is 1.00. The Kier molecular flexibility index (Phi) is 3.69. The molecule has 0 atom stereocenters. The molecule has 0 bridgehead atoms. The van der Waals surface area contributed by atoms with Crippen molar-refractivity contribution in [2.75, 3.05) is 6.61 Å². The van der Waals surface area contributed by atoms with E-state index in [0.29, 0.717) is 13.2 Å². The summed E-state index contributed by atoms with van der Waals surface area (Å²) in [4.78, 5) is 3.12. The van der Waals surface area contributed by atoms with Crippen LogP contribution < -0.4 is 0 Å². The van der Waals surface area contributed by atoms with Crippen LogP contribution in [0.4, 0.5) is 0 Å². The quantitative estimate of drug-likeness (QED) is 0.938. The van der Waals surface area contributed by atoms with Crippen molar-refractivity contribution < 1.29 is 4.74 Å². The first-order valence-corrected chi connectivity index (χ1v) is 5.84. The van der Waals surface area contributed by atoms with Gasteiger partial charge in [-0.25, -0.2) is 0 Å². The van der Waals surface area contributed by atoms with Gasteiger partial charge in [0.1, 0.15) is 6.61 Å². The van der Waals surface area contributed by atoms with E-state index in [4.69, 9.17) is 4.74 Å². The molecule has 0 fully saturated rings. The van der Waals surface area contributed by atoms with Crippen LogP contribution in [0.25, 0.3) is 11.4 Å². The van der Waals surface area contributed by atoms with E-state index in [-0.39, 0.29) is 0 Å². The van der Waals surface area contributed by atoms with Crippen molar-refractivity contribution in [3.05, 3.63) is 34.6 Å². The van der Waals surface area contributed by atoms with Gasteiger partial charge >= 0.3 is 0 Å². The molecule has 0 amide bonds. The highest BCUT2D eigenvalue weighted by atomic mass is 79.9. The van der Waals surface area contributed by atoms with Gasteiger partial charge in [-0.05, 0) is 19.1 Å². The van der Waals surface area contributed by atoms with Crippen molar-refractivity contribution in [2.24, 2.45) is 0 Å². The Morgan fingerprint density at radius 1 is 1.38 bits per heavy atom. The van der Waals surface area contributed by atoms with E-state index in [1.807, 2.05) is 31.2 Å². The number of H-pyrrole nitrogens is 1. The lowest BCUT2D eigenvalue weighted by atomic mass is 10.2. The number of nitrogens with one attached hydrogen (secondary N) is 1. The fourth-order valence-corrected chi connectivity index (χ4v) is 1.73. The summed E-state index contributed by atoms with van der Waals surface area (Å²) in [5.74, 6) is 1.51. The van der Waals surface area contributed by atoms with Crippen molar-refractivity contribution >= 4 is 15.9 Å². The number of hydrogen-bond acceptors (Lipinski definition) is 3. The van der Waals surface area contributed by atoms with Gasteiger partial charge in [-0.3, -0.25) is 0 Å². The zero-order chi connectivity index (χ0) is 11.4. The van der Waals surface area contributed by atoms with Crippen LogP contribution in [0.15, 0.2) is 28.7 Å². The molecular weight excluding hydrogens is 270 g/mol. The molecule has 4 nitrogen and oxygen atoms in total. The molecule has 0 spiro atoms. The lowest BCUT2D eigenvalue weighted by Gasteiger charge is -1.97. The Morgan fingerprint density at radius 3 is 3.00 bits per heavy atom. The third-order valence-electron chi connectivity index (χ3n) is 2.07. The summed E-state index contributed by atoms with van der Waals surface area (Å²) in [6, 6.07) is 7.91. The Labute approximate surface area is 102 Å². The Bertz CT molecular complexity index is 470. The number of aromatic nitrogens is 3. The molecule has 0 aliphatic rings. The van der Waals surface area contributed by atoms with Gasteiger partial charge in [-0.1, -0.05) is 28.1 Å². The van der Waals surface area contributed by atoms with Crippen molar-refractivity contribution in [2.45, 2.75) is 13.5 Å². The largest absolute Gasteiger partial charge is 0.374 e. The van der Waals surface area contributed by atoms with E-state index in [1.54, 1.807) is 0 Å². The van der Waals surface area contributed by atoms with Crippen LogP contribution in [0.2, 0.25) is 0 Å². The van der Waals surface area contributed by atoms with Crippen molar-refractivity contribution in [3.63, 3.8) is 0 Å². The second-order valence-electron chi connectivity index (χ2n) is 3.27. The zero-order valence-corrected chi connectivity index (χ0v) is 10.5. The Balaban J connectivity index is 2.18. The minimum Gasteiger partial charge on any atom is -0.374 e. The molecule has 1 aromatic carbocycles. The summed E-state index contributed by atoms with van der Waals surface area (Å²) < 4.78 is 6.27. The molecule has 2 rings (SSSR count). The van der Waals surface area contributed by atoms with Gasteiger partial charge in [0.2, 0.25) is 0 Å². The third kappa shape index (κ3) is 2.68. The van der Waals surface area contributed by atoms with E-state index >= 15 is 0 Å². The van der Waals surface area contributed by atoms with Gasteiger partial charge < -0.3 is 9.72 Å². The SMILES string of the molecule is CCOCc1nnc(-c2cccc(Br)c2)[nH]1. The Morgan fingerprint density at radius 2 is 2.25 bits per heavy atom. The zero-order valence-electron chi connectivity index (χ0n) is 8.90. The summed E-state index contributed by atoms with van der Waals surface area (Å²) in [7, 11) is 0. The fourth-order valence-electron chi connectivity index (χ4n) is 1.33. The molecule has 1 aromatic heterocycles. The smallest absolute Gasteiger partial charge is 0.161 e. The Hall–Kier alpha value is -1.20. The number of benzene rings is 1. The first kappa shape index (κ1) is 11.3. The van der Waals surface area contributed by atoms with Crippen LogP contribution in [-0.4, -0.2) is 21.8 Å². The highest BCUT2D eigenvalue weighted by molar-refractivity contribution is 9.10. The molecule has 0 aliphatic heterocycles. The molecule has 0 radical (unpaired) electrons. The number of rotatable bonds is 4. The lowest BCUT2D eigenvalue weighted by Crippen LogP contribution is -1.93. The third-order valence-corrected chi connectivity index (χ3v) is 2.57. The predicted octanol–water partition coefficient (Wildman–Crippen LogP) is 2.77. The minimum absolute atomic E-state index is 0.470. The van der Waals surface area contributed by atoms with E-state index in [1.165, 1.54) is 0 Å². The molecule has 0 saturated heterocycles. The maximum Gasteiger partial charge on any atom is 0.161 e. The molecular formula is C11H12BrN3O. The number of aromatic amines is 1. The molecule has 84 valence electrons. The monoisotopic (exact) mass is 281 g/mol. The first-order valence-electron chi connectivity index (χ1n) is 5.05. The highest BCUT2D eigenvalue weighted by Crippen LogP contribution is 2.19. The van der Waals surface area contributed by atoms with Crippen LogP contribution in [0, 0.1) is 0 Å². The standard InChI is InChI=1S/C11H12BrN3O/c1-2-16-7-10-13-11(15-14-10)8-4-3-5-9(12)6-8/h3-6H,2,7H2,1H3,(H,13,14,15). The van der Waals surface area contributed by atoms with Gasteiger partial charge in [0.25, 0.3) is 0 Å². The second-order valence-corrected chi connectivity index (χ2v) is 4.18. The van der Waals surface area contributed by atoms with Gasteiger partial charge in [-0.15, -0.1) is 10.2 Å². The van der Waals surface area contributed by atoms with Gasteiger partial charge in [-0.2, -0.15) is 0 Å². The number of nitrogens with zero attached hydrogens (tertiary/aromatic N) is 2. The minimum atomic E-state index is 0.470. The number of halogens is 1. The van der Waals surface area contributed by atoms with E-state index in [0.717, 1.165) is 21.7 Å². The predicted molar refractivity (Wildman–Crippen MR) is 64.8 cm³/mol. The molecule has 0 saturated carbocycles. The molecule has 0 aliphatic carbocycles. The molecule has 16 heavy (non-hydrogen) atoms. The molecule has 0 unspecified atom stereocenters. The van der Waals surface area contributed by atoms with Crippen LogP contribution in [0.5, 0.6) is 0 Å². The summed E-state index contributed by atoms with van der Waals surface area (Å²) in [5, 5.41) is 8.09. The van der Waals surface area contributed by atoms with Gasteiger partial charge in [0.15, 0.2) is 11.6 Å².